The fraction of sp³-hybridized carbons (Fsp3) is 0.556. The summed E-state index contributed by atoms with van der Waals surface area (Å²) in [6.45, 7) is 5.60. The second-order valence-electron chi connectivity index (χ2n) is 12.3. The lowest BCUT2D eigenvalue weighted by atomic mass is 10.1. The molecule has 48 heavy (non-hydrogen) atoms. The predicted octanol–water partition coefficient (Wildman–Crippen LogP) is 12.4. The van der Waals surface area contributed by atoms with E-state index in [-0.39, 0.29) is 21.6 Å². The molecule has 0 saturated carbocycles. The standard InChI is InChI=1S/C36H46F2N2O2S6/c1-3-5-7-9-11-13-15-17-19-39-33(41)29(47-35(39)43)23-25-21-27(37)31(45-25)32-28(38)22-26(46-32)24-30-34(42)40(36(44)48-30)20-18-16-14-12-10-8-6-4-2/h21-24H,3-20H2,1-2H3/b29-23-,30-24-. The summed E-state index contributed by atoms with van der Waals surface area (Å²) in [5, 5.41) is 0. The smallest absolute Gasteiger partial charge is 0.266 e. The molecule has 4 heterocycles. The van der Waals surface area contributed by atoms with Gasteiger partial charge in [0.05, 0.1) is 19.6 Å². The maximum absolute atomic E-state index is 15.2. The highest BCUT2D eigenvalue weighted by Crippen LogP contribution is 2.42. The zero-order chi connectivity index (χ0) is 34.5. The Bertz CT molecular complexity index is 1390. The molecule has 0 aliphatic carbocycles. The molecule has 0 radical (unpaired) electrons. The molecule has 4 rings (SSSR count). The quantitative estimate of drug-likeness (QED) is 0.0716. The summed E-state index contributed by atoms with van der Waals surface area (Å²) < 4.78 is 31.4. The van der Waals surface area contributed by atoms with Crippen molar-refractivity contribution in [3.8, 4) is 9.75 Å². The lowest BCUT2D eigenvalue weighted by molar-refractivity contribution is -0.123. The molecular weight excluding hydrogens is 723 g/mol. The first-order valence-corrected chi connectivity index (χ1v) is 21.4. The van der Waals surface area contributed by atoms with E-state index in [2.05, 4.69) is 13.8 Å². The first-order valence-electron chi connectivity index (χ1n) is 17.3. The molecule has 0 atom stereocenters. The van der Waals surface area contributed by atoms with E-state index in [0.717, 1.165) is 61.2 Å². The lowest BCUT2D eigenvalue weighted by Crippen LogP contribution is -2.28. The number of thiophene rings is 2. The third-order valence-electron chi connectivity index (χ3n) is 8.38. The average Bonchev–Trinajstić information content (AvgIpc) is 3.76. The molecule has 0 unspecified atom stereocenters. The molecule has 2 aromatic heterocycles. The van der Waals surface area contributed by atoms with Crippen LogP contribution in [0.5, 0.6) is 0 Å². The predicted molar refractivity (Wildman–Crippen MR) is 213 cm³/mol. The van der Waals surface area contributed by atoms with Gasteiger partial charge >= 0.3 is 0 Å². The number of unbranched alkanes of at least 4 members (excludes halogenated alkanes) is 14. The molecule has 12 heteroatoms. The van der Waals surface area contributed by atoms with Gasteiger partial charge in [0, 0.05) is 22.8 Å². The summed E-state index contributed by atoms with van der Waals surface area (Å²) in [5.74, 6) is -1.42. The molecule has 2 aromatic rings. The van der Waals surface area contributed by atoms with Gasteiger partial charge in [0.2, 0.25) is 0 Å². The van der Waals surface area contributed by atoms with E-state index in [9.17, 15) is 9.59 Å². The van der Waals surface area contributed by atoms with Gasteiger partial charge in [0.1, 0.15) is 20.3 Å². The van der Waals surface area contributed by atoms with Crippen LogP contribution in [0.1, 0.15) is 126 Å². The minimum absolute atomic E-state index is 0.160. The molecule has 0 spiro atoms. The van der Waals surface area contributed by atoms with Crippen LogP contribution in [0, 0.1) is 11.6 Å². The maximum Gasteiger partial charge on any atom is 0.266 e. The summed E-state index contributed by atoms with van der Waals surface area (Å²) in [4.78, 5) is 31.8. The van der Waals surface area contributed by atoms with E-state index in [1.54, 1.807) is 22.0 Å². The molecule has 2 saturated heterocycles. The largest absolute Gasteiger partial charge is 0.293 e. The first-order chi connectivity index (χ1) is 23.2. The van der Waals surface area contributed by atoms with Crippen molar-refractivity contribution in [2.75, 3.05) is 13.1 Å². The second kappa shape index (κ2) is 20.4. The number of carbonyl (C=O) groups excluding carboxylic acids is 2. The van der Waals surface area contributed by atoms with E-state index in [0.29, 0.717) is 41.3 Å². The minimum Gasteiger partial charge on any atom is -0.293 e. The number of hydrogen-bond acceptors (Lipinski definition) is 8. The third-order valence-corrected chi connectivity index (χ3v) is 13.4. The zero-order valence-corrected chi connectivity index (χ0v) is 32.9. The van der Waals surface area contributed by atoms with E-state index in [1.165, 1.54) is 99.9 Å². The first kappa shape index (κ1) is 39.3. The highest BCUT2D eigenvalue weighted by molar-refractivity contribution is 8.27. The maximum atomic E-state index is 15.2. The molecule has 0 aromatic carbocycles. The van der Waals surface area contributed by atoms with Crippen LogP contribution in [0.3, 0.4) is 0 Å². The topological polar surface area (TPSA) is 40.6 Å². The second-order valence-corrected chi connectivity index (χ2v) is 17.8. The van der Waals surface area contributed by atoms with Crippen molar-refractivity contribution in [3.05, 3.63) is 43.3 Å². The molecule has 4 nitrogen and oxygen atoms in total. The molecule has 2 aliphatic rings. The molecule has 2 fully saturated rings. The summed E-state index contributed by atoms with van der Waals surface area (Å²) >= 11 is 15.6. The molecular formula is C36H46F2N2O2S6. The van der Waals surface area contributed by atoms with E-state index >= 15 is 8.78 Å². The number of thiocarbonyl (C=S) groups is 2. The van der Waals surface area contributed by atoms with Crippen molar-refractivity contribution < 1.29 is 18.4 Å². The highest BCUT2D eigenvalue weighted by atomic mass is 32.2. The molecule has 0 bridgehead atoms. The monoisotopic (exact) mass is 768 g/mol. The van der Waals surface area contributed by atoms with Crippen LogP contribution in [-0.2, 0) is 9.59 Å². The number of nitrogens with zero attached hydrogens (tertiary/aromatic N) is 2. The van der Waals surface area contributed by atoms with Gasteiger partial charge in [-0.25, -0.2) is 8.78 Å². The van der Waals surface area contributed by atoms with E-state index < -0.39 is 11.6 Å². The van der Waals surface area contributed by atoms with Crippen molar-refractivity contribution in [1.82, 2.24) is 9.80 Å². The van der Waals surface area contributed by atoms with Gasteiger partial charge in [-0.2, -0.15) is 0 Å². The van der Waals surface area contributed by atoms with E-state index in [4.69, 9.17) is 24.4 Å². The van der Waals surface area contributed by atoms with Crippen LogP contribution in [0.25, 0.3) is 21.9 Å². The Morgan fingerprint density at radius 1 is 0.583 bits per heavy atom. The van der Waals surface area contributed by atoms with Gasteiger partial charge in [-0.05, 0) is 37.1 Å². The van der Waals surface area contributed by atoms with Crippen molar-refractivity contribution in [3.63, 3.8) is 0 Å². The van der Waals surface area contributed by atoms with Crippen LogP contribution < -0.4 is 0 Å². The van der Waals surface area contributed by atoms with E-state index in [1.807, 2.05) is 0 Å². The van der Waals surface area contributed by atoms with Gasteiger partial charge in [0.25, 0.3) is 11.8 Å². The minimum atomic E-state index is -0.551. The van der Waals surface area contributed by atoms with Crippen molar-refractivity contribution >= 4 is 103 Å². The highest BCUT2D eigenvalue weighted by Gasteiger charge is 2.33. The third kappa shape index (κ3) is 11.3. The number of thioether (sulfide) groups is 2. The Labute approximate surface area is 312 Å². The van der Waals surface area contributed by atoms with Gasteiger partial charge < -0.3 is 0 Å². The van der Waals surface area contributed by atoms with Crippen molar-refractivity contribution in [2.45, 2.75) is 117 Å². The SMILES string of the molecule is CCCCCCCCCCN1C(=O)/C(=C/c2cc(F)c(-c3sc(/C=C4\SC(=S)N(CCCCCCCCCC)C4=O)cc3F)s2)SC1=S. The Hall–Kier alpha value is -1.44. The fourth-order valence-electron chi connectivity index (χ4n) is 5.68. The van der Waals surface area contributed by atoms with Crippen LogP contribution >= 0.6 is 70.6 Å². The van der Waals surface area contributed by atoms with Gasteiger partial charge in [0.15, 0.2) is 0 Å². The van der Waals surface area contributed by atoms with Crippen LogP contribution in [0.2, 0.25) is 0 Å². The van der Waals surface area contributed by atoms with Gasteiger partial charge in [-0.15, -0.1) is 22.7 Å². The Morgan fingerprint density at radius 2 is 0.917 bits per heavy atom. The van der Waals surface area contributed by atoms with Crippen LogP contribution in [0.4, 0.5) is 8.78 Å². The summed E-state index contributed by atoms with van der Waals surface area (Å²) in [7, 11) is 0. The fourth-order valence-corrected chi connectivity index (χ4v) is 10.5. The molecule has 0 N–H and O–H groups in total. The number of carbonyl (C=O) groups is 2. The van der Waals surface area contributed by atoms with Crippen LogP contribution in [0.15, 0.2) is 21.9 Å². The number of rotatable bonds is 21. The number of amides is 2. The molecule has 2 amide bonds. The zero-order valence-electron chi connectivity index (χ0n) is 28.0. The summed E-state index contributed by atoms with van der Waals surface area (Å²) in [6.07, 6.45) is 22.1. The van der Waals surface area contributed by atoms with Crippen LogP contribution in [-0.4, -0.2) is 43.3 Å². The van der Waals surface area contributed by atoms with Gasteiger partial charge in [-0.3, -0.25) is 19.4 Å². The number of hydrogen-bond donors (Lipinski definition) is 0. The number of halogens is 2. The Balaban J connectivity index is 1.32. The van der Waals surface area contributed by atoms with Crippen molar-refractivity contribution in [2.24, 2.45) is 0 Å². The molecule has 2 aliphatic heterocycles. The van der Waals surface area contributed by atoms with Crippen molar-refractivity contribution in [1.29, 1.82) is 0 Å². The Morgan fingerprint density at radius 3 is 1.27 bits per heavy atom. The lowest BCUT2D eigenvalue weighted by Gasteiger charge is -2.14. The average molecular weight is 769 g/mol. The normalized spacial score (nSPS) is 17.0. The Kier molecular flexibility index (Phi) is 16.7. The molecule has 262 valence electrons. The summed E-state index contributed by atoms with van der Waals surface area (Å²) in [6, 6.07) is 2.67. The summed E-state index contributed by atoms with van der Waals surface area (Å²) in [5.41, 5.74) is 0. The van der Waals surface area contributed by atoms with Gasteiger partial charge in [-0.1, -0.05) is 152 Å².